The van der Waals surface area contributed by atoms with E-state index in [2.05, 4.69) is 17.2 Å². The molecule has 0 radical (unpaired) electrons. The molecule has 26 heavy (non-hydrogen) atoms. The summed E-state index contributed by atoms with van der Waals surface area (Å²) in [6.07, 6.45) is 1.72. The van der Waals surface area contributed by atoms with Crippen LogP contribution in [-0.4, -0.2) is 22.7 Å². The van der Waals surface area contributed by atoms with Crippen molar-refractivity contribution in [1.82, 2.24) is 10.2 Å². The summed E-state index contributed by atoms with van der Waals surface area (Å²) in [6.45, 7) is 5.67. The zero-order chi connectivity index (χ0) is 18.5. The molecule has 0 aromatic heterocycles. The van der Waals surface area contributed by atoms with Gasteiger partial charge in [-0.3, -0.25) is 14.5 Å². The molecule has 4 amide bonds. The van der Waals surface area contributed by atoms with Crippen molar-refractivity contribution >= 4 is 29.6 Å². The van der Waals surface area contributed by atoms with Crippen molar-refractivity contribution in [3.05, 3.63) is 71.3 Å². The van der Waals surface area contributed by atoms with E-state index in [-0.39, 0.29) is 6.54 Å². The lowest BCUT2D eigenvalue weighted by Crippen LogP contribution is -2.49. The number of aryl methyl sites for hydroxylation is 1. The van der Waals surface area contributed by atoms with Gasteiger partial charge in [0.2, 0.25) is 5.54 Å². The zero-order valence-electron chi connectivity index (χ0n) is 14.2. The van der Waals surface area contributed by atoms with Crippen LogP contribution >= 0.6 is 0 Å². The molecule has 1 spiro atoms. The highest BCUT2D eigenvalue weighted by Gasteiger charge is 2.61. The third kappa shape index (κ3) is 2.15. The second-order valence-corrected chi connectivity index (χ2v) is 6.52. The number of rotatable bonds is 3. The molecule has 1 saturated heterocycles. The summed E-state index contributed by atoms with van der Waals surface area (Å²) in [4.78, 5) is 39.3. The number of amides is 4. The molecule has 2 aromatic carbocycles. The van der Waals surface area contributed by atoms with Crippen molar-refractivity contribution < 1.29 is 14.4 Å². The number of fused-ring (bicyclic) bond motifs is 2. The van der Waals surface area contributed by atoms with Gasteiger partial charge in [0.1, 0.15) is 0 Å². The maximum Gasteiger partial charge on any atom is 0.326 e. The monoisotopic (exact) mass is 347 g/mol. The van der Waals surface area contributed by atoms with Crippen LogP contribution in [-0.2, 0) is 21.7 Å². The van der Waals surface area contributed by atoms with Crippen molar-refractivity contribution in [1.29, 1.82) is 0 Å². The number of benzene rings is 2. The number of nitrogens with zero attached hydrogens (tertiary/aromatic N) is 1. The Bertz CT molecular complexity index is 965. The van der Waals surface area contributed by atoms with Gasteiger partial charge < -0.3 is 10.6 Å². The van der Waals surface area contributed by atoms with E-state index in [4.69, 9.17) is 0 Å². The molecule has 6 nitrogen and oxygen atoms in total. The van der Waals surface area contributed by atoms with Gasteiger partial charge in [0.05, 0.1) is 6.54 Å². The number of hydrogen-bond acceptors (Lipinski definition) is 3. The lowest BCUT2D eigenvalue weighted by atomic mass is 9.90. The van der Waals surface area contributed by atoms with Crippen LogP contribution in [0.15, 0.2) is 49.0 Å². The first-order valence-electron chi connectivity index (χ1n) is 8.24. The minimum atomic E-state index is -1.68. The fraction of sp³-hybridized carbons (Fsp3) is 0.150. The third-order valence-corrected chi connectivity index (χ3v) is 4.83. The van der Waals surface area contributed by atoms with Gasteiger partial charge in [-0.25, -0.2) is 4.79 Å². The molecule has 2 aliphatic rings. The molecule has 2 heterocycles. The van der Waals surface area contributed by atoms with Crippen LogP contribution in [0.5, 0.6) is 0 Å². The topological polar surface area (TPSA) is 78.5 Å². The highest BCUT2D eigenvalue weighted by molar-refractivity contribution is 6.26. The lowest BCUT2D eigenvalue weighted by Gasteiger charge is -2.19. The van der Waals surface area contributed by atoms with Crippen LogP contribution in [0.25, 0.3) is 6.08 Å². The minimum absolute atomic E-state index is 0.0955. The number of urea groups is 1. The number of anilines is 1. The smallest absolute Gasteiger partial charge is 0.323 e. The summed E-state index contributed by atoms with van der Waals surface area (Å²) < 4.78 is 0. The molecular weight excluding hydrogens is 330 g/mol. The Labute approximate surface area is 150 Å². The third-order valence-electron chi connectivity index (χ3n) is 4.83. The van der Waals surface area contributed by atoms with E-state index in [9.17, 15) is 14.4 Å². The molecule has 2 aromatic rings. The summed E-state index contributed by atoms with van der Waals surface area (Å²) in [7, 11) is 0. The summed E-state index contributed by atoms with van der Waals surface area (Å²) in [5.41, 5.74) is 2.00. The van der Waals surface area contributed by atoms with Gasteiger partial charge in [0, 0.05) is 11.3 Å². The van der Waals surface area contributed by atoms with Gasteiger partial charge in [-0.2, -0.15) is 0 Å². The molecule has 0 bridgehead atoms. The number of hydrogen-bond donors (Lipinski definition) is 2. The quantitative estimate of drug-likeness (QED) is 0.661. The predicted molar refractivity (Wildman–Crippen MR) is 97.1 cm³/mol. The van der Waals surface area contributed by atoms with Crippen LogP contribution in [0, 0.1) is 6.92 Å². The van der Waals surface area contributed by atoms with Crippen molar-refractivity contribution in [2.24, 2.45) is 0 Å². The van der Waals surface area contributed by atoms with Crippen LogP contribution in [0.2, 0.25) is 0 Å². The number of carbonyl (C=O) groups excluding carboxylic acids is 3. The number of nitrogens with one attached hydrogen (secondary N) is 2. The van der Waals surface area contributed by atoms with Gasteiger partial charge in [0.25, 0.3) is 11.8 Å². The molecule has 2 aliphatic heterocycles. The first-order chi connectivity index (χ1) is 12.5. The van der Waals surface area contributed by atoms with Gasteiger partial charge in [-0.1, -0.05) is 54.6 Å². The maximum absolute atomic E-state index is 13.1. The van der Waals surface area contributed by atoms with E-state index in [0.717, 1.165) is 21.6 Å². The van der Waals surface area contributed by atoms with E-state index in [1.165, 1.54) is 0 Å². The first kappa shape index (κ1) is 16.1. The standard InChI is InChI=1S/C20H17N3O3/c1-3-13-5-7-14(8-6-13)11-23-18(25)20(22-19(23)26)15-10-12(2)4-9-16(15)21-17(20)24/h3-10H,1,11H2,2H3,(H,21,24)(H,22,26). The Kier molecular flexibility index (Phi) is 3.44. The van der Waals surface area contributed by atoms with E-state index < -0.39 is 23.4 Å². The molecule has 130 valence electrons. The Hall–Kier alpha value is -3.41. The summed E-state index contributed by atoms with van der Waals surface area (Å²) in [5.74, 6) is -1.09. The normalized spacial score (nSPS) is 21.0. The van der Waals surface area contributed by atoms with Crippen LogP contribution in [0.1, 0.15) is 22.3 Å². The Balaban J connectivity index is 1.70. The van der Waals surface area contributed by atoms with Gasteiger partial charge in [-0.15, -0.1) is 0 Å². The highest BCUT2D eigenvalue weighted by atomic mass is 16.2. The average molecular weight is 347 g/mol. The van der Waals surface area contributed by atoms with Crippen LogP contribution in [0.4, 0.5) is 10.5 Å². The Morgan fingerprint density at radius 1 is 1.12 bits per heavy atom. The predicted octanol–water partition coefficient (Wildman–Crippen LogP) is 2.54. The van der Waals surface area contributed by atoms with Crippen molar-refractivity contribution in [3.63, 3.8) is 0 Å². The molecule has 4 rings (SSSR count). The molecule has 0 aliphatic carbocycles. The minimum Gasteiger partial charge on any atom is -0.323 e. The molecule has 1 unspecified atom stereocenters. The molecule has 1 fully saturated rings. The lowest BCUT2D eigenvalue weighted by molar-refractivity contribution is -0.137. The zero-order valence-corrected chi connectivity index (χ0v) is 14.2. The van der Waals surface area contributed by atoms with E-state index >= 15 is 0 Å². The second kappa shape index (κ2) is 5.56. The van der Waals surface area contributed by atoms with E-state index in [0.29, 0.717) is 11.3 Å². The fourth-order valence-electron chi connectivity index (χ4n) is 3.41. The van der Waals surface area contributed by atoms with Gasteiger partial charge in [0.15, 0.2) is 0 Å². The second-order valence-electron chi connectivity index (χ2n) is 6.52. The molecular formula is C20H17N3O3. The average Bonchev–Trinajstić information content (AvgIpc) is 3.05. The van der Waals surface area contributed by atoms with Gasteiger partial charge in [-0.05, 0) is 24.1 Å². The maximum atomic E-state index is 13.1. The number of imide groups is 1. The first-order valence-corrected chi connectivity index (χ1v) is 8.24. The van der Waals surface area contributed by atoms with Crippen molar-refractivity contribution in [3.8, 4) is 0 Å². The van der Waals surface area contributed by atoms with Crippen LogP contribution in [0.3, 0.4) is 0 Å². The highest BCUT2D eigenvalue weighted by Crippen LogP contribution is 2.41. The van der Waals surface area contributed by atoms with Crippen molar-refractivity contribution in [2.75, 3.05) is 5.32 Å². The van der Waals surface area contributed by atoms with Crippen molar-refractivity contribution in [2.45, 2.75) is 19.0 Å². The summed E-state index contributed by atoms with van der Waals surface area (Å²) >= 11 is 0. The SMILES string of the molecule is C=Cc1ccc(CN2C(=O)NC3(C(=O)Nc4ccc(C)cc43)C2=O)cc1. The fourth-order valence-corrected chi connectivity index (χ4v) is 3.41. The Morgan fingerprint density at radius 3 is 2.54 bits per heavy atom. The van der Waals surface area contributed by atoms with Crippen LogP contribution < -0.4 is 10.6 Å². The number of carbonyl (C=O) groups is 3. The molecule has 2 N–H and O–H groups in total. The summed E-state index contributed by atoms with van der Waals surface area (Å²) in [6, 6.07) is 12.1. The summed E-state index contributed by atoms with van der Waals surface area (Å²) in [5, 5.41) is 5.31. The molecule has 6 heteroatoms. The Morgan fingerprint density at radius 2 is 1.85 bits per heavy atom. The van der Waals surface area contributed by atoms with E-state index in [1.54, 1.807) is 18.2 Å². The molecule has 0 saturated carbocycles. The van der Waals surface area contributed by atoms with Gasteiger partial charge >= 0.3 is 6.03 Å². The molecule has 1 atom stereocenters. The largest absolute Gasteiger partial charge is 0.326 e. The van der Waals surface area contributed by atoms with E-state index in [1.807, 2.05) is 37.3 Å².